The van der Waals surface area contributed by atoms with Gasteiger partial charge in [0, 0.05) is 12.2 Å². The van der Waals surface area contributed by atoms with Gasteiger partial charge in [0.2, 0.25) is 0 Å². The minimum Gasteiger partial charge on any atom is -0.463 e. The van der Waals surface area contributed by atoms with Crippen molar-refractivity contribution in [1.29, 1.82) is 0 Å². The first-order valence-corrected chi connectivity index (χ1v) is 7.16. The predicted molar refractivity (Wildman–Crippen MR) is 87.0 cm³/mol. The van der Waals surface area contributed by atoms with Crippen LogP contribution in [0.5, 0.6) is 0 Å². The van der Waals surface area contributed by atoms with Gasteiger partial charge in [-0.2, -0.15) is 0 Å². The van der Waals surface area contributed by atoms with Crippen LogP contribution in [0.1, 0.15) is 38.8 Å². The molecule has 0 bridgehead atoms. The van der Waals surface area contributed by atoms with E-state index < -0.39 is 5.60 Å². The van der Waals surface area contributed by atoms with Crippen molar-refractivity contribution in [2.75, 3.05) is 6.61 Å². The smallest absolute Gasteiger partial charge is 0.331 e. The van der Waals surface area contributed by atoms with Gasteiger partial charge in [0.05, 0.1) is 6.61 Å². The summed E-state index contributed by atoms with van der Waals surface area (Å²) in [6, 6.07) is 7.43. The second kappa shape index (κ2) is 8.17. The fraction of sp³-hybridized carbons (Fsp3) is 0.333. The zero-order valence-electron chi connectivity index (χ0n) is 13.5. The van der Waals surface area contributed by atoms with E-state index >= 15 is 0 Å². The van der Waals surface area contributed by atoms with E-state index in [1.807, 2.05) is 45.0 Å². The lowest BCUT2D eigenvalue weighted by molar-refractivity contribution is -0.148. The van der Waals surface area contributed by atoms with Crippen LogP contribution in [-0.2, 0) is 19.1 Å². The highest BCUT2D eigenvalue weighted by molar-refractivity contribution is 5.88. The number of esters is 2. The van der Waals surface area contributed by atoms with Gasteiger partial charge < -0.3 is 9.47 Å². The maximum atomic E-state index is 11.6. The second-order valence-corrected chi connectivity index (χ2v) is 5.62. The highest BCUT2D eigenvalue weighted by Gasteiger charge is 2.13. The summed E-state index contributed by atoms with van der Waals surface area (Å²) in [5, 5.41) is 0. The van der Waals surface area contributed by atoms with Gasteiger partial charge in [0.25, 0.3) is 0 Å². The lowest BCUT2D eigenvalue weighted by Gasteiger charge is -2.17. The molecule has 0 fully saturated rings. The minimum absolute atomic E-state index is 0.349. The lowest BCUT2D eigenvalue weighted by Crippen LogP contribution is -2.22. The summed E-state index contributed by atoms with van der Waals surface area (Å²) in [5.74, 6) is -0.767. The summed E-state index contributed by atoms with van der Waals surface area (Å²) in [4.78, 5) is 22.9. The molecule has 0 amide bonds. The maximum Gasteiger partial charge on any atom is 0.331 e. The standard InChI is InChI=1S/C18H22O4/c1-5-21-16(19)11-9-14-7-6-8-15(13-14)10-12-17(20)22-18(2,3)4/h6-13H,5H2,1-4H3/b11-9+,12-10+. The number of benzene rings is 1. The van der Waals surface area contributed by atoms with Gasteiger partial charge in [-0.05, 0) is 57.0 Å². The number of rotatable bonds is 5. The number of carbonyl (C=O) groups excluding carboxylic acids is 2. The van der Waals surface area contributed by atoms with Crippen molar-refractivity contribution in [3.8, 4) is 0 Å². The van der Waals surface area contributed by atoms with Gasteiger partial charge in [-0.1, -0.05) is 18.2 Å². The van der Waals surface area contributed by atoms with Crippen LogP contribution in [0, 0.1) is 0 Å². The van der Waals surface area contributed by atoms with Crippen molar-refractivity contribution in [3.63, 3.8) is 0 Å². The molecule has 22 heavy (non-hydrogen) atoms. The van der Waals surface area contributed by atoms with Gasteiger partial charge in [0.15, 0.2) is 0 Å². The first kappa shape index (κ1) is 17.7. The monoisotopic (exact) mass is 302 g/mol. The molecular formula is C18H22O4. The normalized spacial score (nSPS) is 11.8. The van der Waals surface area contributed by atoms with Crippen LogP contribution in [0.3, 0.4) is 0 Å². The molecule has 0 saturated heterocycles. The zero-order chi connectivity index (χ0) is 16.6. The molecule has 1 rings (SSSR count). The summed E-state index contributed by atoms with van der Waals surface area (Å²) in [5.41, 5.74) is 1.18. The molecule has 1 aromatic carbocycles. The average molecular weight is 302 g/mol. The van der Waals surface area contributed by atoms with E-state index in [4.69, 9.17) is 9.47 Å². The number of hydrogen-bond acceptors (Lipinski definition) is 4. The Morgan fingerprint density at radius 1 is 1.05 bits per heavy atom. The summed E-state index contributed by atoms with van der Waals surface area (Å²) >= 11 is 0. The number of ether oxygens (including phenoxy) is 2. The Labute approximate surface area is 131 Å². The van der Waals surface area contributed by atoms with E-state index in [2.05, 4.69) is 0 Å². The van der Waals surface area contributed by atoms with Crippen LogP contribution in [0.2, 0.25) is 0 Å². The Morgan fingerprint density at radius 2 is 1.59 bits per heavy atom. The molecule has 0 aliphatic carbocycles. The van der Waals surface area contributed by atoms with Crippen LogP contribution in [-0.4, -0.2) is 24.1 Å². The molecule has 4 nitrogen and oxygen atoms in total. The topological polar surface area (TPSA) is 52.6 Å². The highest BCUT2D eigenvalue weighted by Crippen LogP contribution is 2.11. The van der Waals surface area contributed by atoms with Crippen molar-refractivity contribution < 1.29 is 19.1 Å². The first-order chi connectivity index (χ1) is 10.3. The molecule has 0 aliphatic heterocycles. The van der Waals surface area contributed by atoms with Crippen molar-refractivity contribution in [2.45, 2.75) is 33.3 Å². The van der Waals surface area contributed by atoms with Gasteiger partial charge in [-0.15, -0.1) is 0 Å². The largest absolute Gasteiger partial charge is 0.463 e. The molecule has 118 valence electrons. The molecular weight excluding hydrogens is 280 g/mol. The minimum atomic E-state index is -0.508. The van der Waals surface area contributed by atoms with Crippen molar-refractivity contribution in [1.82, 2.24) is 0 Å². The lowest BCUT2D eigenvalue weighted by atomic mass is 10.1. The van der Waals surface area contributed by atoms with Crippen molar-refractivity contribution in [3.05, 3.63) is 47.5 Å². The molecule has 0 atom stereocenters. The molecule has 1 aromatic rings. The summed E-state index contributed by atoms with van der Waals surface area (Å²) < 4.78 is 10.0. The van der Waals surface area contributed by atoms with E-state index in [9.17, 15) is 9.59 Å². The van der Waals surface area contributed by atoms with Gasteiger partial charge in [-0.3, -0.25) is 0 Å². The Kier molecular flexibility index (Phi) is 6.57. The first-order valence-electron chi connectivity index (χ1n) is 7.16. The van der Waals surface area contributed by atoms with Gasteiger partial charge in [0.1, 0.15) is 5.60 Å². The van der Waals surface area contributed by atoms with Gasteiger partial charge in [-0.25, -0.2) is 9.59 Å². The number of carbonyl (C=O) groups is 2. The van der Waals surface area contributed by atoms with Crippen molar-refractivity contribution in [2.24, 2.45) is 0 Å². The van der Waals surface area contributed by atoms with Crippen molar-refractivity contribution >= 4 is 24.1 Å². The third kappa shape index (κ3) is 7.43. The second-order valence-electron chi connectivity index (χ2n) is 5.62. The fourth-order valence-electron chi connectivity index (χ4n) is 1.62. The molecule has 0 heterocycles. The Balaban J connectivity index is 2.72. The molecule has 4 heteroatoms. The summed E-state index contributed by atoms with van der Waals surface area (Å²) in [6.07, 6.45) is 6.11. The van der Waals surface area contributed by atoms with E-state index in [0.717, 1.165) is 11.1 Å². The molecule has 0 spiro atoms. The zero-order valence-corrected chi connectivity index (χ0v) is 13.5. The van der Waals surface area contributed by atoms with Crippen LogP contribution in [0.15, 0.2) is 36.4 Å². The van der Waals surface area contributed by atoms with Crippen LogP contribution >= 0.6 is 0 Å². The Hall–Kier alpha value is -2.36. The third-order valence-electron chi connectivity index (χ3n) is 2.43. The van der Waals surface area contributed by atoms with E-state index in [0.29, 0.717) is 6.61 Å². The Morgan fingerprint density at radius 3 is 2.09 bits per heavy atom. The highest BCUT2D eigenvalue weighted by atomic mass is 16.6. The molecule has 0 unspecified atom stereocenters. The summed E-state index contributed by atoms with van der Waals surface area (Å²) in [6.45, 7) is 7.56. The Bertz CT molecular complexity index is 577. The van der Waals surface area contributed by atoms with Crippen LogP contribution in [0.25, 0.3) is 12.2 Å². The van der Waals surface area contributed by atoms with Gasteiger partial charge >= 0.3 is 11.9 Å². The molecule has 0 saturated carbocycles. The SMILES string of the molecule is CCOC(=O)/C=C/c1cccc(/C=C/C(=O)OC(C)(C)C)c1. The van der Waals surface area contributed by atoms with E-state index in [1.165, 1.54) is 12.2 Å². The quantitative estimate of drug-likeness (QED) is 0.616. The molecule has 0 aromatic heterocycles. The maximum absolute atomic E-state index is 11.6. The molecule has 0 radical (unpaired) electrons. The molecule has 0 N–H and O–H groups in total. The average Bonchev–Trinajstić information content (AvgIpc) is 2.42. The molecule has 0 aliphatic rings. The van der Waals surface area contributed by atoms with Crippen LogP contribution in [0.4, 0.5) is 0 Å². The van der Waals surface area contributed by atoms with E-state index in [-0.39, 0.29) is 11.9 Å². The predicted octanol–water partition coefficient (Wildman–Crippen LogP) is 3.62. The van der Waals surface area contributed by atoms with E-state index in [1.54, 1.807) is 19.1 Å². The van der Waals surface area contributed by atoms with Crippen LogP contribution < -0.4 is 0 Å². The summed E-state index contributed by atoms with van der Waals surface area (Å²) in [7, 11) is 0. The third-order valence-corrected chi connectivity index (χ3v) is 2.43. The number of hydrogen-bond donors (Lipinski definition) is 0. The fourth-order valence-corrected chi connectivity index (χ4v) is 1.62.